The quantitative estimate of drug-likeness (QED) is 0.194. The Bertz CT molecular complexity index is 1800. The molecule has 2 heterocycles. The van der Waals surface area contributed by atoms with Crippen LogP contribution in [0.3, 0.4) is 0 Å². The van der Waals surface area contributed by atoms with Crippen LogP contribution in [0.25, 0.3) is 11.1 Å². The largest absolute Gasteiger partial charge is 0.481 e. The van der Waals surface area contributed by atoms with E-state index in [0.29, 0.717) is 23.6 Å². The van der Waals surface area contributed by atoms with Crippen LogP contribution in [0.2, 0.25) is 0 Å². The third-order valence-electron chi connectivity index (χ3n) is 9.89. The summed E-state index contributed by atoms with van der Waals surface area (Å²) in [4.78, 5) is 41.5. The Morgan fingerprint density at radius 3 is 2.16 bits per heavy atom. The SMILES string of the molecule is Cc1cc(C)c(-c2cc(C)c(F)c(C(CC(=O)O)NC(=O)C(CC(C)C)n3cc(CCN4CC5(CC5)C4)c(C(F)(F)F)cc3=O)c2)c(C)c1. The number of aryl methyl sites for hydroxylation is 4. The zero-order chi connectivity index (χ0) is 36.0. The normalized spacial score (nSPS) is 16.8. The van der Waals surface area contributed by atoms with Crippen LogP contribution in [0.1, 0.15) is 90.6 Å². The number of nitrogens with zero attached hydrogens (tertiary/aromatic N) is 2. The maximum atomic E-state index is 15.8. The number of alkyl halides is 3. The topological polar surface area (TPSA) is 91.6 Å². The Kier molecular flexibility index (Phi) is 10.2. The number of carboxylic acid groups (broad SMARTS) is 1. The lowest BCUT2D eigenvalue weighted by Crippen LogP contribution is -2.49. The molecule has 1 aliphatic heterocycles. The lowest BCUT2D eigenvalue weighted by atomic mass is 9.89. The first-order valence-electron chi connectivity index (χ1n) is 16.8. The minimum atomic E-state index is -4.77. The fraction of sp³-hybridized carbons (Fsp3) is 0.500. The van der Waals surface area contributed by atoms with Crippen molar-refractivity contribution in [1.82, 2.24) is 14.8 Å². The van der Waals surface area contributed by atoms with Crippen molar-refractivity contribution in [2.24, 2.45) is 11.3 Å². The van der Waals surface area contributed by atoms with Crippen molar-refractivity contribution in [3.05, 3.63) is 91.6 Å². The molecule has 1 saturated heterocycles. The smallest absolute Gasteiger partial charge is 0.416 e. The van der Waals surface area contributed by atoms with Crippen LogP contribution in [0, 0.1) is 44.8 Å². The number of likely N-dealkylation sites (tertiary alicyclic amines) is 1. The van der Waals surface area contributed by atoms with Gasteiger partial charge in [-0.05, 0) is 110 Å². The molecule has 2 fully saturated rings. The summed E-state index contributed by atoms with van der Waals surface area (Å²) in [5.74, 6) is -2.91. The number of carbonyl (C=O) groups excluding carboxylic acids is 1. The third kappa shape index (κ3) is 8.09. The van der Waals surface area contributed by atoms with Crippen molar-refractivity contribution in [2.45, 2.75) is 91.9 Å². The summed E-state index contributed by atoms with van der Waals surface area (Å²) >= 11 is 0. The average Bonchev–Trinajstić information content (AvgIpc) is 3.76. The Balaban J connectivity index is 1.51. The molecule has 2 atom stereocenters. The molecule has 1 spiro atoms. The van der Waals surface area contributed by atoms with Gasteiger partial charge in [-0.3, -0.25) is 14.4 Å². The Morgan fingerprint density at radius 1 is 0.980 bits per heavy atom. The van der Waals surface area contributed by atoms with E-state index in [1.165, 1.54) is 0 Å². The first kappa shape index (κ1) is 36.3. The third-order valence-corrected chi connectivity index (χ3v) is 9.89. The molecule has 3 aromatic rings. The van der Waals surface area contributed by atoms with Crippen molar-refractivity contribution >= 4 is 11.9 Å². The second kappa shape index (κ2) is 13.7. The summed E-state index contributed by atoms with van der Waals surface area (Å²) in [6.45, 7) is 13.1. The number of carboxylic acids is 1. The number of amides is 1. The first-order chi connectivity index (χ1) is 22.9. The Morgan fingerprint density at radius 2 is 1.61 bits per heavy atom. The predicted octanol–water partition coefficient (Wildman–Crippen LogP) is 7.46. The molecule has 0 bridgehead atoms. The molecule has 0 radical (unpaired) electrons. The summed E-state index contributed by atoms with van der Waals surface area (Å²) < 4.78 is 59.3. The summed E-state index contributed by atoms with van der Waals surface area (Å²) in [6, 6.07) is 5.17. The Hall–Kier alpha value is -3.99. The molecule has 5 rings (SSSR count). The van der Waals surface area contributed by atoms with Crippen LogP contribution >= 0.6 is 0 Å². The van der Waals surface area contributed by atoms with E-state index >= 15 is 4.39 Å². The molecular weight excluding hydrogens is 638 g/mol. The minimum absolute atomic E-state index is 0.0307. The maximum absolute atomic E-state index is 15.8. The fourth-order valence-corrected chi connectivity index (χ4v) is 7.44. The molecular formula is C38H45F4N3O4. The summed E-state index contributed by atoms with van der Waals surface area (Å²) in [5.41, 5.74) is 2.91. The van der Waals surface area contributed by atoms with Crippen LogP contribution in [-0.2, 0) is 22.2 Å². The van der Waals surface area contributed by atoms with E-state index in [-0.39, 0.29) is 35.4 Å². The van der Waals surface area contributed by atoms with Crippen LogP contribution in [0.4, 0.5) is 17.6 Å². The zero-order valence-corrected chi connectivity index (χ0v) is 28.9. The predicted molar refractivity (Wildman–Crippen MR) is 180 cm³/mol. The van der Waals surface area contributed by atoms with E-state index in [4.69, 9.17) is 0 Å². The van der Waals surface area contributed by atoms with E-state index < -0.39 is 53.5 Å². The number of hydrogen-bond acceptors (Lipinski definition) is 4. The highest BCUT2D eigenvalue weighted by Crippen LogP contribution is 2.52. The van der Waals surface area contributed by atoms with Crippen molar-refractivity contribution < 1.29 is 32.3 Å². The molecule has 2 unspecified atom stereocenters. The van der Waals surface area contributed by atoms with Gasteiger partial charge in [0.2, 0.25) is 5.91 Å². The molecule has 1 aliphatic carbocycles. The number of hydrogen-bond donors (Lipinski definition) is 2. The van der Waals surface area contributed by atoms with Crippen molar-refractivity contribution in [3.8, 4) is 11.1 Å². The lowest BCUT2D eigenvalue weighted by Gasteiger charge is -2.40. The number of pyridine rings is 1. The van der Waals surface area contributed by atoms with E-state index in [2.05, 4.69) is 10.2 Å². The summed E-state index contributed by atoms with van der Waals surface area (Å²) in [7, 11) is 0. The van der Waals surface area contributed by atoms with Crippen LogP contribution in [-0.4, -0.2) is 46.1 Å². The lowest BCUT2D eigenvalue weighted by molar-refractivity contribution is -0.139. The molecule has 1 amide bonds. The van der Waals surface area contributed by atoms with Gasteiger partial charge < -0.3 is 19.9 Å². The molecule has 7 nitrogen and oxygen atoms in total. The van der Waals surface area contributed by atoms with Gasteiger partial charge in [0.1, 0.15) is 11.9 Å². The maximum Gasteiger partial charge on any atom is 0.416 e. The van der Waals surface area contributed by atoms with Crippen LogP contribution in [0.5, 0.6) is 0 Å². The second-order valence-electron chi connectivity index (χ2n) is 14.7. The van der Waals surface area contributed by atoms with Crippen LogP contribution < -0.4 is 10.9 Å². The second-order valence-corrected chi connectivity index (χ2v) is 14.7. The van der Waals surface area contributed by atoms with E-state index in [9.17, 15) is 32.7 Å². The zero-order valence-electron chi connectivity index (χ0n) is 28.9. The molecule has 2 aromatic carbocycles. The van der Waals surface area contributed by atoms with Gasteiger partial charge in [-0.2, -0.15) is 13.2 Å². The molecule has 1 aromatic heterocycles. The van der Waals surface area contributed by atoms with Gasteiger partial charge >= 0.3 is 12.1 Å². The molecule has 264 valence electrons. The molecule has 49 heavy (non-hydrogen) atoms. The number of benzene rings is 2. The van der Waals surface area contributed by atoms with Gasteiger partial charge in [-0.1, -0.05) is 31.5 Å². The first-order valence-corrected chi connectivity index (χ1v) is 16.8. The summed E-state index contributed by atoms with van der Waals surface area (Å²) in [6.07, 6.45) is -1.91. The number of rotatable bonds is 12. The van der Waals surface area contributed by atoms with E-state index in [0.717, 1.165) is 58.9 Å². The highest BCUT2D eigenvalue weighted by atomic mass is 19.4. The average molecular weight is 684 g/mol. The molecule has 11 heteroatoms. The molecule has 1 saturated carbocycles. The van der Waals surface area contributed by atoms with Gasteiger partial charge in [0.15, 0.2) is 0 Å². The van der Waals surface area contributed by atoms with Gasteiger partial charge in [0, 0.05) is 37.5 Å². The van der Waals surface area contributed by atoms with Gasteiger partial charge in [-0.25, -0.2) is 4.39 Å². The number of nitrogens with one attached hydrogen (secondary N) is 1. The fourth-order valence-electron chi connectivity index (χ4n) is 7.44. The number of carbonyl (C=O) groups is 2. The minimum Gasteiger partial charge on any atom is -0.481 e. The Labute approximate surface area is 284 Å². The highest BCUT2D eigenvalue weighted by molar-refractivity contribution is 5.82. The van der Waals surface area contributed by atoms with Gasteiger partial charge in [0.05, 0.1) is 18.0 Å². The van der Waals surface area contributed by atoms with Crippen molar-refractivity contribution in [3.63, 3.8) is 0 Å². The van der Waals surface area contributed by atoms with Crippen LogP contribution in [0.15, 0.2) is 41.3 Å². The van der Waals surface area contributed by atoms with Crippen molar-refractivity contribution in [1.29, 1.82) is 0 Å². The summed E-state index contributed by atoms with van der Waals surface area (Å²) in [5, 5.41) is 12.5. The number of halogens is 4. The van der Waals surface area contributed by atoms with Crippen molar-refractivity contribution in [2.75, 3.05) is 19.6 Å². The molecule has 2 N–H and O–H groups in total. The van der Waals surface area contributed by atoms with E-state index in [1.54, 1.807) is 32.9 Å². The standard InChI is InChI=1S/C38H45F4N3O4/c1-21(2)11-31(45-18-26(29(16-32(45)46)38(40,41)42)7-10-44-19-37(20-44)8-9-37)36(49)43-30(17-33(47)48)28-15-27(14-25(6)35(28)39)34-23(4)12-22(3)13-24(34)5/h12-16,18,21,30-31H,7-11,17,19-20H2,1-6H3,(H,43,49)(H,47,48). The van der Waals surface area contributed by atoms with Gasteiger partial charge in [-0.15, -0.1) is 0 Å². The monoisotopic (exact) mass is 683 g/mol. The highest BCUT2D eigenvalue weighted by Gasteiger charge is 2.51. The number of aliphatic carboxylic acids is 1. The van der Waals surface area contributed by atoms with E-state index in [1.807, 2.05) is 32.9 Å². The molecule has 2 aliphatic rings. The number of aromatic nitrogens is 1. The van der Waals surface area contributed by atoms with Gasteiger partial charge in [0.25, 0.3) is 5.56 Å².